The summed E-state index contributed by atoms with van der Waals surface area (Å²) in [6.07, 6.45) is 6.49. The van der Waals surface area contributed by atoms with Gasteiger partial charge in [-0.05, 0) is 66.8 Å². The zero-order chi connectivity index (χ0) is 19.1. The molecule has 0 bridgehead atoms. The van der Waals surface area contributed by atoms with E-state index in [1.807, 2.05) is 60.7 Å². The van der Waals surface area contributed by atoms with Crippen LogP contribution < -0.4 is 9.47 Å². The van der Waals surface area contributed by atoms with E-state index in [0.29, 0.717) is 5.75 Å². The standard InChI is InChI=1S/C23H24O4/c1-26-21-9-5-17(6-10-21)15-19-3-2-4-20(23(19)25)16-18-7-11-22(12-8-18)27-14-13-24/h5-12,15-16,24H,2-4,13-14H2,1H3/b19-15+,20-16+. The molecule has 0 radical (unpaired) electrons. The lowest BCUT2D eigenvalue weighted by Gasteiger charge is -2.16. The number of aliphatic hydroxyl groups excluding tert-OH is 1. The minimum atomic E-state index is -0.0103. The molecule has 3 rings (SSSR count). The van der Waals surface area contributed by atoms with Crippen LogP contribution in [-0.4, -0.2) is 31.2 Å². The molecule has 1 N–H and O–H groups in total. The molecule has 1 aliphatic rings. The molecule has 0 atom stereocenters. The number of Topliss-reactive ketones (excluding diaryl/α,β-unsaturated/α-hetero) is 1. The van der Waals surface area contributed by atoms with Gasteiger partial charge in [0, 0.05) is 11.1 Å². The zero-order valence-corrected chi connectivity index (χ0v) is 15.5. The molecule has 0 amide bonds. The maximum Gasteiger partial charge on any atom is 0.185 e. The summed E-state index contributed by atoms with van der Waals surface area (Å²) < 4.78 is 10.5. The van der Waals surface area contributed by atoms with Crippen molar-refractivity contribution in [3.05, 3.63) is 70.8 Å². The zero-order valence-electron chi connectivity index (χ0n) is 15.5. The highest BCUT2D eigenvalue weighted by molar-refractivity contribution is 6.13. The molecule has 0 spiro atoms. The number of methoxy groups -OCH3 is 1. The van der Waals surface area contributed by atoms with Crippen LogP contribution in [0.4, 0.5) is 0 Å². The summed E-state index contributed by atoms with van der Waals surface area (Å²) in [7, 11) is 1.64. The predicted molar refractivity (Wildman–Crippen MR) is 107 cm³/mol. The number of carbonyl (C=O) groups excluding carboxylic acids is 1. The van der Waals surface area contributed by atoms with Gasteiger partial charge in [0.2, 0.25) is 0 Å². The summed E-state index contributed by atoms with van der Waals surface area (Å²) in [5, 5.41) is 8.80. The van der Waals surface area contributed by atoms with Crippen LogP contribution in [0.25, 0.3) is 12.2 Å². The first-order chi connectivity index (χ1) is 13.2. The molecule has 27 heavy (non-hydrogen) atoms. The normalized spacial score (nSPS) is 17.3. The third-order valence-electron chi connectivity index (χ3n) is 4.51. The number of hydrogen-bond acceptors (Lipinski definition) is 4. The molecule has 0 saturated heterocycles. The number of allylic oxidation sites excluding steroid dienone is 2. The van der Waals surface area contributed by atoms with Crippen LogP contribution in [-0.2, 0) is 4.79 Å². The summed E-state index contributed by atoms with van der Waals surface area (Å²) >= 11 is 0. The summed E-state index contributed by atoms with van der Waals surface area (Å²) in [6.45, 7) is 0.266. The first-order valence-corrected chi connectivity index (χ1v) is 9.13. The molecule has 1 saturated carbocycles. The first kappa shape index (κ1) is 18.9. The van der Waals surface area contributed by atoms with Crippen LogP contribution in [0.3, 0.4) is 0 Å². The number of ether oxygens (including phenoxy) is 2. The van der Waals surface area contributed by atoms with E-state index in [1.165, 1.54) is 0 Å². The van der Waals surface area contributed by atoms with Gasteiger partial charge in [-0.3, -0.25) is 4.79 Å². The van der Waals surface area contributed by atoms with Crippen LogP contribution in [0.1, 0.15) is 30.4 Å². The lowest BCUT2D eigenvalue weighted by atomic mass is 9.87. The van der Waals surface area contributed by atoms with Crippen molar-refractivity contribution in [3.8, 4) is 11.5 Å². The molecule has 4 heteroatoms. The molecule has 0 aliphatic heterocycles. The molecule has 0 unspecified atom stereocenters. The van der Waals surface area contributed by atoms with Gasteiger partial charge in [-0.15, -0.1) is 0 Å². The second-order valence-electron chi connectivity index (χ2n) is 6.44. The van der Waals surface area contributed by atoms with Crippen LogP contribution >= 0.6 is 0 Å². The van der Waals surface area contributed by atoms with Crippen LogP contribution in [0.15, 0.2) is 59.7 Å². The molecule has 4 nitrogen and oxygen atoms in total. The molecule has 2 aromatic rings. The fourth-order valence-corrected chi connectivity index (χ4v) is 3.10. The topological polar surface area (TPSA) is 55.8 Å². The second kappa shape index (κ2) is 9.19. The van der Waals surface area contributed by atoms with Crippen molar-refractivity contribution in [2.75, 3.05) is 20.3 Å². The summed E-state index contributed by atoms with van der Waals surface area (Å²) in [5.74, 6) is 1.64. The molecule has 140 valence electrons. The Balaban J connectivity index is 1.75. The van der Waals surface area contributed by atoms with E-state index < -0.39 is 0 Å². The Kier molecular flexibility index (Phi) is 6.44. The fourth-order valence-electron chi connectivity index (χ4n) is 3.10. The van der Waals surface area contributed by atoms with E-state index in [1.54, 1.807) is 7.11 Å². The highest BCUT2D eigenvalue weighted by atomic mass is 16.5. The van der Waals surface area contributed by atoms with Gasteiger partial charge in [0.1, 0.15) is 18.1 Å². The summed E-state index contributed by atoms with van der Waals surface area (Å²) in [5.41, 5.74) is 3.66. The quantitative estimate of drug-likeness (QED) is 0.777. The number of hydrogen-bond donors (Lipinski definition) is 1. The van der Waals surface area contributed by atoms with E-state index in [2.05, 4.69) is 0 Å². The van der Waals surface area contributed by atoms with Crippen molar-refractivity contribution < 1.29 is 19.4 Å². The van der Waals surface area contributed by atoms with Crippen LogP contribution in [0, 0.1) is 0 Å². The van der Waals surface area contributed by atoms with E-state index >= 15 is 0 Å². The molecular weight excluding hydrogens is 340 g/mol. The molecule has 1 fully saturated rings. The SMILES string of the molecule is COc1ccc(/C=C2\CCC/C(=C\c3ccc(OCCO)cc3)C2=O)cc1. The van der Waals surface area contributed by atoms with Gasteiger partial charge in [0.25, 0.3) is 0 Å². The average molecular weight is 364 g/mol. The van der Waals surface area contributed by atoms with Gasteiger partial charge in [0.05, 0.1) is 13.7 Å². The second-order valence-corrected chi connectivity index (χ2v) is 6.44. The Hall–Kier alpha value is -2.85. The predicted octanol–water partition coefficient (Wildman–Crippen LogP) is 4.29. The minimum absolute atomic E-state index is 0.0103. The van der Waals surface area contributed by atoms with Gasteiger partial charge in [-0.2, -0.15) is 0 Å². The highest BCUT2D eigenvalue weighted by Crippen LogP contribution is 2.28. The first-order valence-electron chi connectivity index (χ1n) is 9.13. The lowest BCUT2D eigenvalue weighted by molar-refractivity contribution is -0.112. The third-order valence-corrected chi connectivity index (χ3v) is 4.51. The van der Waals surface area contributed by atoms with Gasteiger partial charge >= 0.3 is 0 Å². The maximum absolute atomic E-state index is 12.9. The van der Waals surface area contributed by atoms with Crippen molar-refractivity contribution in [2.24, 2.45) is 0 Å². The van der Waals surface area contributed by atoms with Gasteiger partial charge in [-0.1, -0.05) is 24.3 Å². The van der Waals surface area contributed by atoms with E-state index in [-0.39, 0.29) is 19.0 Å². The Morgan fingerprint density at radius 2 is 1.41 bits per heavy atom. The van der Waals surface area contributed by atoms with Gasteiger partial charge < -0.3 is 14.6 Å². The minimum Gasteiger partial charge on any atom is -0.497 e. The number of rotatable bonds is 6. The van der Waals surface area contributed by atoms with Crippen molar-refractivity contribution in [3.63, 3.8) is 0 Å². The molecule has 0 heterocycles. The van der Waals surface area contributed by atoms with Crippen LogP contribution in [0.5, 0.6) is 11.5 Å². The molecule has 2 aromatic carbocycles. The van der Waals surface area contributed by atoms with Gasteiger partial charge in [0.15, 0.2) is 5.78 Å². The number of ketones is 1. The van der Waals surface area contributed by atoms with Crippen molar-refractivity contribution in [1.82, 2.24) is 0 Å². The monoisotopic (exact) mass is 364 g/mol. The van der Waals surface area contributed by atoms with Crippen molar-refractivity contribution in [2.45, 2.75) is 19.3 Å². The number of aliphatic hydroxyl groups is 1. The number of carbonyl (C=O) groups is 1. The summed E-state index contributed by atoms with van der Waals surface area (Å²) in [6, 6.07) is 15.3. The van der Waals surface area contributed by atoms with Crippen molar-refractivity contribution in [1.29, 1.82) is 0 Å². The Morgan fingerprint density at radius 3 is 1.89 bits per heavy atom. The maximum atomic E-state index is 12.9. The highest BCUT2D eigenvalue weighted by Gasteiger charge is 2.20. The van der Waals surface area contributed by atoms with E-state index in [4.69, 9.17) is 14.6 Å². The molecule has 1 aliphatic carbocycles. The Labute approximate surface area is 159 Å². The number of benzene rings is 2. The van der Waals surface area contributed by atoms with Crippen molar-refractivity contribution >= 4 is 17.9 Å². The largest absolute Gasteiger partial charge is 0.497 e. The molecular formula is C23H24O4. The van der Waals surface area contributed by atoms with E-state index in [9.17, 15) is 4.79 Å². The third kappa shape index (κ3) is 5.08. The Morgan fingerprint density at radius 1 is 0.889 bits per heavy atom. The Bertz CT molecular complexity index is 830. The fraction of sp³-hybridized carbons (Fsp3) is 0.261. The smallest absolute Gasteiger partial charge is 0.185 e. The summed E-state index contributed by atoms with van der Waals surface area (Å²) in [4.78, 5) is 12.9. The van der Waals surface area contributed by atoms with Crippen LogP contribution in [0.2, 0.25) is 0 Å². The average Bonchev–Trinajstić information content (AvgIpc) is 2.71. The molecule has 0 aromatic heterocycles. The lowest BCUT2D eigenvalue weighted by Crippen LogP contribution is -2.12. The van der Waals surface area contributed by atoms with Gasteiger partial charge in [-0.25, -0.2) is 0 Å². The van der Waals surface area contributed by atoms with E-state index in [0.717, 1.165) is 47.3 Å².